The van der Waals surface area contributed by atoms with Gasteiger partial charge in [-0.05, 0) is 12.5 Å². The summed E-state index contributed by atoms with van der Waals surface area (Å²) in [5.41, 5.74) is 1.17. The summed E-state index contributed by atoms with van der Waals surface area (Å²) in [5, 5.41) is 10.6. The van der Waals surface area contributed by atoms with Crippen molar-refractivity contribution in [1.29, 1.82) is 0 Å². The van der Waals surface area contributed by atoms with Gasteiger partial charge in [0.1, 0.15) is 17.5 Å². The van der Waals surface area contributed by atoms with Crippen LogP contribution in [0.1, 0.15) is 31.2 Å². The van der Waals surface area contributed by atoms with Crippen molar-refractivity contribution < 1.29 is 0 Å². The lowest BCUT2D eigenvalue weighted by Gasteiger charge is -2.11. The van der Waals surface area contributed by atoms with Gasteiger partial charge in [0.25, 0.3) is 0 Å². The van der Waals surface area contributed by atoms with Crippen molar-refractivity contribution in [3.8, 4) is 0 Å². The summed E-state index contributed by atoms with van der Waals surface area (Å²) in [6.07, 6.45) is 3.89. The standard InChI is InChI=1S/C14H22N6/c1-10(2)14-18-12(15-4)7-13(19-14)16-5-6-20-9-11(3)8-17-20/h7-10H,5-6H2,1-4H3,(H2,15,16,18,19). The monoisotopic (exact) mass is 274 g/mol. The first-order valence-corrected chi connectivity index (χ1v) is 6.88. The van der Waals surface area contributed by atoms with Gasteiger partial charge in [-0.15, -0.1) is 0 Å². The largest absolute Gasteiger partial charge is 0.373 e. The molecule has 108 valence electrons. The fourth-order valence-electron chi connectivity index (χ4n) is 1.83. The second-order valence-corrected chi connectivity index (χ2v) is 5.11. The van der Waals surface area contributed by atoms with Crippen molar-refractivity contribution >= 4 is 11.6 Å². The van der Waals surface area contributed by atoms with Crippen LogP contribution in [0, 0.1) is 6.92 Å². The Balaban J connectivity index is 1.99. The van der Waals surface area contributed by atoms with Gasteiger partial charge in [0, 0.05) is 31.8 Å². The van der Waals surface area contributed by atoms with Crippen molar-refractivity contribution in [2.45, 2.75) is 33.2 Å². The quantitative estimate of drug-likeness (QED) is 0.845. The van der Waals surface area contributed by atoms with Crippen molar-refractivity contribution in [2.75, 3.05) is 24.2 Å². The average molecular weight is 274 g/mol. The van der Waals surface area contributed by atoms with E-state index in [1.165, 1.54) is 5.56 Å². The molecule has 2 N–H and O–H groups in total. The molecule has 0 fully saturated rings. The molecule has 2 aromatic heterocycles. The number of aromatic nitrogens is 4. The van der Waals surface area contributed by atoms with Crippen LogP contribution < -0.4 is 10.6 Å². The van der Waals surface area contributed by atoms with Crippen LogP contribution in [0.15, 0.2) is 18.5 Å². The van der Waals surface area contributed by atoms with Gasteiger partial charge in [-0.25, -0.2) is 9.97 Å². The molecule has 2 heterocycles. The lowest BCUT2D eigenvalue weighted by Crippen LogP contribution is -2.13. The van der Waals surface area contributed by atoms with E-state index in [2.05, 4.69) is 39.5 Å². The van der Waals surface area contributed by atoms with Crippen LogP contribution in [-0.2, 0) is 6.54 Å². The maximum atomic E-state index is 4.53. The lowest BCUT2D eigenvalue weighted by molar-refractivity contribution is 0.636. The van der Waals surface area contributed by atoms with Gasteiger partial charge in [-0.3, -0.25) is 4.68 Å². The number of anilines is 2. The molecule has 0 amide bonds. The van der Waals surface area contributed by atoms with Gasteiger partial charge in [-0.1, -0.05) is 13.8 Å². The minimum atomic E-state index is 0.303. The van der Waals surface area contributed by atoms with Crippen molar-refractivity contribution in [1.82, 2.24) is 19.7 Å². The molecule has 0 aromatic carbocycles. The first-order valence-electron chi connectivity index (χ1n) is 6.88. The van der Waals surface area contributed by atoms with Crippen molar-refractivity contribution in [3.05, 3.63) is 29.8 Å². The molecular weight excluding hydrogens is 252 g/mol. The molecule has 0 radical (unpaired) electrons. The fourth-order valence-corrected chi connectivity index (χ4v) is 1.83. The summed E-state index contributed by atoms with van der Waals surface area (Å²) in [5.74, 6) is 2.82. The van der Waals surface area contributed by atoms with E-state index in [4.69, 9.17) is 0 Å². The molecule has 0 saturated heterocycles. The van der Waals surface area contributed by atoms with Crippen LogP contribution in [0.5, 0.6) is 0 Å². The van der Waals surface area contributed by atoms with E-state index in [9.17, 15) is 0 Å². The van der Waals surface area contributed by atoms with E-state index >= 15 is 0 Å². The van der Waals surface area contributed by atoms with Gasteiger partial charge >= 0.3 is 0 Å². The van der Waals surface area contributed by atoms with Crippen LogP contribution >= 0.6 is 0 Å². The number of hydrogen-bond donors (Lipinski definition) is 2. The topological polar surface area (TPSA) is 67.7 Å². The minimum Gasteiger partial charge on any atom is -0.373 e. The third-order valence-electron chi connectivity index (χ3n) is 2.93. The molecule has 2 rings (SSSR count). The fraction of sp³-hybridized carbons (Fsp3) is 0.500. The molecule has 0 bridgehead atoms. The molecule has 0 saturated carbocycles. The third kappa shape index (κ3) is 3.69. The molecule has 0 spiro atoms. The number of nitrogens with one attached hydrogen (secondary N) is 2. The summed E-state index contributed by atoms with van der Waals surface area (Å²) >= 11 is 0. The average Bonchev–Trinajstić information content (AvgIpc) is 2.84. The Kier molecular flexibility index (Phi) is 4.55. The Labute approximate surface area is 119 Å². The van der Waals surface area contributed by atoms with Crippen LogP contribution in [0.2, 0.25) is 0 Å². The van der Waals surface area contributed by atoms with Crippen LogP contribution in [0.3, 0.4) is 0 Å². The highest BCUT2D eigenvalue weighted by molar-refractivity contribution is 5.47. The van der Waals surface area contributed by atoms with E-state index in [1.54, 1.807) is 0 Å². The molecule has 0 aliphatic rings. The zero-order valence-electron chi connectivity index (χ0n) is 12.5. The second kappa shape index (κ2) is 6.36. The summed E-state index contributed by atoms with van der Waals surface area (Å²) in [7, 11) is 1.86. The number of rotatable bonds is 6. The van der Waals surface area contributed by atoms with E-state index < -0.39 is 0 Å². The molecule has 0 aliphatic heterocycles. The highest BCUT2D eigenvalue weighted by Crippen LogP contribution is 2.16. The summed E-state index contributed by atoms with van der Waals surface area (Å²) in [4.78, 5) is 8.97. The Morgan fingerprint density at radius 2 is 2.00 bits per heavy atom. The Morgan fingerprint density at radius 1 is 1.25 bits per heavy atom. The van der Waals surface area contributed by atoms with E-state index in [-0.39, 0.29) is 0 Å². The molecule has 2 aromatic rings. The minimum absolute atomic E-state index is 0.303. The second-order valence-electron chi connectivity index (χ2n) is 5.11. The predicted molar refractivity (Wildman–Crippen MR) is 81.1 cm³/mol. The molecule has 0 aliphatic carbocycles. The summed E-state index contributed by atoms with van der Waals surface area (Å²) in [6, 6.07) is 1.92. The van der Waals surface area contributed by atoms with Gasteiger partial charge in [0.2, 0.25) is 0 Å². The normalized spacial score (nSPS) is 10.8. The Morgan fingerprint density at radius 3 is 2.60 bits per heavy atom. The van der Waals surface area contributed by atoms with Gasteiger partial charge in [-0.2, -0.15) is 5.10 Å². The molecule has 20 heavy (non-hydrogen) atoms. The molecule has 0 atom stereocenters. The highest BCUT2D eigenvalue weighted by atomic mass is 15.3. The Bertz CT molecular complexity index is 561. The van der Waals surface area contributed by atoms with Crippen LogP contribution in [0.4, 0.5) is 11.6 Å². The van der Waals surface area contributed by atoms with Gasteiger partial charge in [0.05, 0.1) is 12.7 Å². The number of hydrogen-bond acceptors (Lipinski definition) is 5. The summed E-state index contributed by atoms with van der Waals surface area (Å²) < 4.78 is 1.92. The lowest BCUT2D eigenvalue weighted by atomic mass is 10.2. The third-order valence-corrected chi connectivity index (χ3v) is 2.93. The van der Waals surface area contributed by atoms with E-state index in [1.807, 2.05) is 37.1 Å². The molecular formula is C14H22N6. The zero-order chi connectivity index (χ0) is 14.5. The summed E-state index contributed by atoms with van der Waals surface area (Å²) in [6.45, 7) is 7.80. The SMILES string of the molecule is CNc1cc(NCCn2cc(C)cn2)nc(C(C)C)n1. The van der Waals surface area contributed by atoms with Gasteiger partial charge < -0.3 is 10.6 Å². The zero-order valence-corrected chi connectivity index (χ0v) is 12.5. The molecule has 6 nitrogen and oxygen atoms in total. The Hall–Kier alpha value is -2.11. The van der Waals surface area contributed by atoms with Crippen molar-refractivity contribution in [2.24, 2.45) is 0 Å². The van der Waals surface area contributed by atoms with E-state index in [0.717, 1.165) is 30.5 Å². The first kappa shape index (κ1) is 14.3. The number of aryl methyl sites for hydroxylation is 1. The smallest absolute Gasteiger partial charge is 0.135 e. The van der Waals surface area contributed by atoms with Crippen molar-refractivity contribution in [3.63, 3.8) is 0 Å². The maximum Gasteiger partial charge on any atom is 0.135 e. The van der Waals surface area contributed by atoms with E-state index in [0.29, 0.717) is 5.92 Å². The number of nitrogens with zero attached hydrogens (tertiary/aromatic N) is 4. The highest BCUT2D eigenvalue weighted by Gasteiger charge is 2.07. The molecule has 0 unspecified atom stereocenters. The van der Waals surface area contributed by atoms with Crippen LogP contribution in [-0.4, -0.2) is 33.3 Å². The molecule has 6 heteroatoms. The van der Waals surface area contributed by atoms with Gasteiger partial charge in [0.15, 0.2) is 0 Å². The predicted octanol–water partition coefficient (Wildman–Crippen LogP) is 2.26. The maximum absolute atomic E-state index is 4.53. The first-order chi connectivity index (χ1) is 9.58. The van der Waals surface area contributed by atoms with Crippen LogP contribution in [0.25, 0.3) is 0 Å².